The highest BCUT2D eigenvalue weighted by atomic mass is 16.5. The van der Waals surface area contributed by atoms with E-state index >= 15 is 0 Å². The molecule has 0 radical (unpaired) electrons. The Morgan fingerprint density at radius 3 is 2.86 bits per heavy atom. The number of rotatable bonds is 2. The quantitative estimate of drug-likeness (QED) is 0.351. The van der Waals surface area contributed by atoms with Gasteiger partial charge in [-0.05, 0) is 6.92 Å². The standard InChI is InChI=1S/C10H15NO3/c1-2-14-10(12)4-3-5-11-6-8-13-9-7-11/h2,5-9H2,1H3. The fourth-order valence-electron chi connectivity index (χ4n) is 1.15. The van der Waals surface area contributed by atoms with Crippen LogP contribution in [0, 0.1) is 11.8 Å². The highest BCUT2D eigenvalue weighted by molar-refractivity contribution is 5.88. The lowest BCUT2D eigenvalue weighted by Crippen LogP contribution is -2.36. The summed E-state index contributed by atoms with van der Waals surface area (Å²) in [5.41, 5.74) is 0. The molecule has 0 aliphatic carbocycles. The summed E-state index contributed by atoms with van der Waals surface area (Å²) in [4.78, 5) is 13.0. The average molecular weight is 197 g/mol. The van der Waals surface area contributed by atoms with Crippen molar-refractivity contribution in [2.45, 2.75) is 6.92 Å². The second-order valence-corrected chi connectivity index (χ2v) is 2.91. The Bertz CT molecular complexity index is 235. The molecule has 4 nitrogen and oxygen atoms in total. The van der Waals surface area contributed by atoms with Gasteiger partial charge in [0.1, 0.15) is 0 Å². The summed E-state index contributed by atoms with van der Waals surface area (Å²) in [7, 11) is 0. The van der Waals surface area contributed by atoms with Crippen LogP contribution in [0.1, 0.15) is 6.92 Å². The van der Waals surface area contributed by atoms with Gasteiger partial charge in [-0.25, -0.2) is 4.79 Å². The van der Waals surface area contributed by atoms with E-state index in [1.165, 1.54) is 0 Å². The van der Waals surface area contributed by atoms with Crippen LogP contribution in [0.25, 0.3) is 0 Å². The van der Waals surface area contributed by atoms with E-state index in [-0.39, 0.29) is 0 Å². The minimum atomic E-state index is -0.444. The average Bonchev–Trinajstić information content (AvgIpc) is 2.20. The van der Waals surface area contributed by atoms with Crippen molar-refractivity contribution in [3.8, 4) is 11.8 Å². The smallest absolute Gasteiger partial charge is 0.384 e. The van der Waals surface area contributed by atoms with Gasteiger partial charge in [-0.15, -0.1) is 0 Å². The van der Waals surface area contributed by atoms with Crippen molar-refractivity contribution in [3.05, 3.63) is 0 Å². The molecule has 0 amide bonds. The van der Waals surface area contributed by atoms with Crippen LogP contribution in [-0.4, -0.2) is 50.3 Å². The summed E-state index contributed by atoms with van der Waals surface area (Å²) < 4.78 is 9.86. The number of nitrogens with zero attached hydrogens (tertiary/aromatic N) is 1. The predicted molar refractivity (Wildman–Crippen MR) is 51.7 cm³/mol. The first-order chi connectivity index (χ1) is 6.83. The van der Waals surface area contributed by atoms with Gasteiger partial charge in [-0.1, -0.05) is 5.92 Å². The molecule has 4 heteroatoms. The van der Waals surface area contributed by atoms with Gasteiger partial charge in [-0.2, -0.15) is 0 Å². The molecule has 0 N–H and O–H groups in total. The Morgan fingerprint density at radius 1 is 1.50 bits per heavy atom. The van der Waals surface area contributed by atoms with E-state index in [1.807, 2.05) is 0 Å². The number of hydrogen-bond donors (Lipinski definition) is 0. The lowest BCUT2D eigenvalue weighted by Gasteiger charge is -2.24. The van der Waals surface area contributed by atoms with E-state index in [4.69, 9.17) is 4.74 Å². The summed E-state index contributed by atoms with van der Waals surface area (Å²) in [6.07, 6.45) is 0. The Kier molecular flexibility index (Phi) is 5.05. The molecule has 0 atom stereocenters. The van der Waals surface area contributed by atoms with Crippen LogP contribution in [0.2, 0.25) is 0 Å². The van der Waals surface area contributed by atoms with Crippen molar-refractivity contribution in [3.63, 3.8) is 0 Å². The third kappa shape index (κ3) is 4.26. The first-order valence-electron chi connectivity index (χ1n) is 4.78. The third-order valence-corrected chi connectivity index (χ3v) is 1.87. The third-order valence-electron chi connectivity index (χ3n) is 1.87. The van der Waals surface area contributed by atoms with Crippen molar-refractivity contribution in [1.29, 1.82) is 0 Å². The Balaban J connectivity index is 2.20. The fourth-order valence-corrected chi connectivity index (χ4v) is 1.15. The molecule has 0 aromatic rings. The van der Waals surface area contributed by atoms with Gasteiger partial charge >= 0.3 is 5.97 Å². The maximum Gasteiger partial charge on any atom is 0.384 e. The van der Waals surface area contributed by atoms with E-state index in [0.717, 1.165) is 26.3 Å². The summed E-state index contributed by atoms with van der Waals surface area (Å²) in [6, 6.07) is 0. The van der Waals surface area contributed by atoms with Crippen LogP contribution < -0.4 is 0 Å². The highest BCUT2D eigenvalue weighted by Gasteiger charge is 2.07. The second kappa shape index (κ2) is 6.41. The van der Waals surface area contributed by atoms with Gasteiger partial charge in [0.2, 0.25) is 0 Å². The summed E-state index contributed by atoms with van der Waals surface area (Å²) >= 11 is 0. The summed E-state index contributed by atoms with van der Waals surface area (Å²) in [5.74, 6) is 4.78. The number of ether oxygens (including phenoxy) is 2. The zero-order valence-electron chi connectivity index (χ0n) is 8.41. The maximum atomic E-state index is 10.8. The van der Waals surface area contributed by atoms with E-state index in [1.54, 1.807) is 6.92 Å². The van der Waals surface area contributed by atoms with E-state index in [9.17, 15) is 4.79 Å². The lowest BCUT2D eigenvalue weighted by molar-refractivity contribution is -0.136. The lowest BCUT2D eigenvalue weighted by atomic mass is 10.4. The summed E-state index contributed by atoms with van der Waals surface area (Å²) in [5, 5.41) is 0. The number of morpholine rings is 1. The Hall–Kier alpha value is -1.05. The molecule has 0 aromatic carbocycles. The van der Waals surface area contributed by atoms with Gasteiger partial charge in [0, 0.05) is 19.0 Å². The highest BCUT2D eigenvalue weighted by Crippen LogP contribution is 1.94. The molecule has 1 saturated heterocycles. The fraction of sp³-hybridized carbons (Fsp3) is 0.700. The topological polar surface area (TPSA) is 38.8 Å². The number of hydrogen-bond acceptors (Lipinski definition) is 4. The first kappa shape index (κ1) is 11.0. The molecule has 0 saturated carbocycles. The zero-order valence-corrected chi connectivity index (χ0v) is 8.41. The van der Waals surface area contributed by atoms with Crippen molar-refractivity contribution < 1.29 is 14.3 Å². The largest absolute Gasteiger partial charge is 0.456 e. The van der Waals surface area contributed by atoms with Crippen LogP contribution in [0.15, 0.2) is 0 Å². The van der Waals surface area contributed by atoms with Crippen LogP contribution in [0.5, 0.6) is 0 Å². The van der Waals surface area contributed by atoms with Crippen molar-refractivity contribution >= 4 is 5.97 Å². The van der Waals surface area contributed by atoms with Gasteiger partial charge in [0.05, 0.1) is 26.4 Å². The first-order valence-corrected chi connectivity index (χ1v) is 4.78. The van der Waals surface area contributed by atoms with Crippen LogP contribution in [0.3, 0.4) is 0 Å². The number of esters is 1. The summed E-state index contributed by atoms with van der Waals surface area (Å²) in [6.45, 7) is 6.03. The molecule has 78 valence electrons. The normalized spacial score (nSPS) is 16.9. The van der Waals surface area contributed by atoms with E-state index < -0.39 is 5.97 Å². The molecule has 14 heavy (non-hydrogen) atoms. The molecule has 1 fully saturated rings. The van der Waals surface area contributed by atoms with E-state index in [2.05, 4.69) is 21.5 Å². The maximum absolute atomic E-state index is 10.8. The predicted octanol–water partition coefficient (Wildman–Crippen LogP) is -0.115. The van der Waals surface area contributed by atoms with Gasteiger partial charge < -0.3 is 9.47 Å². The molecule has 0 aromatic heterocycles. The van der Waals surface area contributed by atoms with Crippen LogP contribution in [-0.2, 0) is 14.3 Å². The Labute approximate surface area is 84.2 Å². The molecular formula is C10H15NO3. The molecule has 1 aliphatic rings. The minimum absolute atomic E-state index is 0.380. The Morgan fingerprint density at radius 2 is 2.21 bits per heavy atom. The van der Waals surface area contributed by atoms with E-state index in [0.29, 0.717) is 13.2 Å². The molecule has 1 aliphatic heterocycles. The number of carbonyl (C=O) groups excluding carboxylic acids is 1. The SMILES string of the molecule is CCOC(=O)C#CCN1CCOCC1. The molecule has 0 unspecified atom stereocenters. The van der Waals surface area contributed by atoms with Gasteiger partial charge in [-0.3, -0.25) is 4.90 Å². The molecular weight excluding hydrogens is 182 g/mol. The van der Waals surface area contributed by atoms with Gasteiger partial charge in [0.25, 0.3) is 0 Å². The van der Waals surface area contributed by atoms with Crippen molar-refractivity contribution in [2.75, 3.05) is 39.5 Å². The molecule has 0 spiro atoms. The molecule has 1 rings (SSSR count). The second-order valence-electron chi connectivity index (χ2n) is 2.91. The van der Waals surface area contributed by atoms with Crippen molar-refractivity contribution in [2.24, 2.45) is 0 Å². The van der Waals surface area contributed by atoms with Gasteiger partial charge in [0.15, 0.2) is 0 Å². The zero-order chi connectivity index (χ0) is 10.2. The monoisotopic (exact) mass is 197 g/mol. The minimum Gasteiger partial charge on any atom is -0.456 e. The number of carbonyl (C=O) groups is 1. The van der Waals surface area contributed by atoms with Crippen molar-refractivity contribution in [1.82, 2.24) is 4.90 Å². The van der Waals surface area contributed by atoms with Crippen LogP contribution >= 0.6 is 0 Å². The molecule has 1 heterocycles. The molecule has 0 bridgehead atoms. The van der Waals surface area contributed by atoms with Crippen LogP contribution in [0.4, 0.5) is 0 Å².